The molecule has 0 aliphatic rings. The van der Waals surface area contributed by atoms with Crippen LogP contribution >= 0.6 is 22.9 Å². The van der Waals surface area contributed by atoms with E-state index in [1.54, 1.807) is 30.5 Å². The van der Waals surface area contributed by atoms with Crippen molar-refractivity contribution < 1.29 is 4.92 Å². The van der Waals surface area contributed by atoms with E-state index in [1.165, 1.54) is 23.5 Å². The van der Waals surface area contributed by atoms with Gasteiger partial charge in [-0.05, 0) is 17.7 Å². The summed E-state index contributed by atoms with van der Waals surface area (Å²) in [6.45, 7) is 0. The lowest BCUT2D eigenvalue weighted by Gasteiger charge is -1.97. The molecule has 120 valence electrons. The molecule has 3 aromatic rings. The second kappa shape index (κ2) is 7.20. The number of anilines is 1. The second-order valence-corrected chi connectivity index (χ2v) is 6.06. The lowest BCUT2D eigenvalue weighted by atomic mass is 10.1. The number of nitro benzene ring substituents is 1. The van der Waals surface area contributed by atoms with Crippen molar-refractivity contribution in [2.24, 2.45) is 5.10 Å². The number of nitro groups is 1. The van der Waals surface area contributed by atoms with Crippen LogP contribution in [-0.2, 0) is 0 Å². The minimum atomic E-state index is -0.425. The molecule has 8 heteroatoms. The smallest absolute Gasteiger partial charge is 0.258 e. The fraction of sp³-hybridized carbons (Fsp3) is 0. The number of thiazole rings is 1. The highest BCUT2D eigenvalue weighted by molar-refractivity contribution is 7.14. The molecule has 2 aromatic carbocycles. The molecule has 1 heterocycles. The summed E-state index contributed by atoms with van der Waals surface area (Å²) in [5.41, 5.74) is 5.14. The van der Waals surface area contributed by atoms with E-state index in [-0.39, 0.29) is 5.69 Å². The molecule has 0 unspecified atom stereocenters. The van der Waals surface area contributed by atoms with Crippen molar-refractivity contribution in [1.82, 2.24) is 4.98 Å². The van der Waals surface area contributed by atoms with E-state index in [4.69, 9.17) is 11.6 Å². The zero-order chi connectivity index (χ0) is 16.9. The van der Waals surface area contributed by atoms with Crippen molar-refractivity contribution in [3.05, 3.63) is 74.6 Å². The van der Waals surface area contributed by atoms with Crippen molar-refractivity contribution in [3.8, 4) is 11.3 Å². The Morgan fingerprint density at radius 3 is 2.79 bits per heavy atom. The number of aromatic nitrogens is 1. The number of non-ortho nitro benzene ring substituents is 1. The first kappa shape index (κ1) is 16.1. The third kappa shape index (κ3) is 3.95. The SMILES string of the molecule is O=[N+]([O-])c1cccc(-c2csc(N/N=C/c3ccc(Cl)cc3)n2)c1. The minimum absolute atomic E-state index is 0.0377. The first-order valence-corrected chi connectivity index (χ1v) is 8.12. The third-order valence-corrected chi connectivity index (χ3v) is 4.10. The van der Waals surface area contributed by atoms with Gasteiger partial charge in [-0.1, -0.05) is 35.9 Å². The Kier molecular flexibility index (Phi) is 4.83. The van der Waals surface area contributed by atoms with Gasteiger partial charge in [-0.2, -0.15) is 5.10 Å². The number of nitrogens with one attached hydrogen (secondary N) is 1. The maximum Gasteiger partial charge on any atom is 0.270 e. The molecule has 0 spiro atoms. The zero-order valence-corrected chi connectivity index (χ0v) is 13.8. The molecule has 24 heavy (non-hydrogen) atoms. The van der Waals surface area contributed by atoms with Crippen LogP contribution in [0.1, 0.15) is 5.56 Å². The van der Waals surface area contributed by atoms with Crippen molar-refractivity contribution in [1.29, 1.82) is 0 Å². The van der Waals surface area contributed by atoms with Crippen LogP contribution in [0.2, 0.25) is 5.02 Å². The monoisotopic (exact) mass is 358 g/mol. The predicted octanol–water partition coefficient (Wildman–Crippen LogP) is 4.82. The molecule has 3 rings (SSSR count). The Labute approximate surface area is 146 Å². The highest BCUT2D eigenvalue weighted by atomic mass is 35.5. The van der Waals surface area contributed by atoms with Crippen molar-refractivity contribution in [2.45, 2.75) is 0 Å². The van der Waals surface area contributed by atoms with E-state index >= 15 is 0 Å². The van der Waals surface area contributed by atoms with Gasteiger partial charge in [0.2, 0.25) is 5.13 Å². The second-order valence-electron chi connectivity index (χ2n) is 4.77. The van der Waals surface area contributed by atoms with Crippen LogP contribution in [-0.4, -0.2) is 16.1 Å². The molecule has 0 bridgehead atoms. The molecule has 0 saturated carbocycles. The van der Waals surface area contributed by atoms with Gasteiger partial charge in [0.05, 0.1) is 16.8 Å². The summed E-state index contributed by atoms with van der Waals surface area (Å²) >= 11 is 7.19. The lowest BCUT2D eigenvalue weighted by Crippen LogP contribution is -1.90. The molecule has 0 saturated heterocycles. The maximum atomic E-state index is 10.8. The third-order valence-electron chi connectivity index (χ3n) is 3.10. The first-order valence-electron chi connectivity index (χ1n) is 6.87. The Morgan fingerprint density at radius 1 is 1.25 bits per heavy atom. The van der Waals surface area contributed by atoms with Gasteiger partial charge < -0.3 is 0 Å². The summed E-state index contributed by atoms with van der Waals surface area (Å²) in [5, 5.41) is 18.0. The normalized spacial score (nSPS) is 10.9. The van der Waals surface area contributed by atoms with Gasteiger partial charge in [0.25, 0.3) is 5.69 Å². The fourth-order valence-electron chi connectivity index (χ4n) is 1.95. The number of rotatable bonds is 5. The van der Waals surface area contributed by atoms with Gasteiger partial charge in [-0.25, -0.2) is 4.98 Å². The number of nitrogens with zero attached hydrogens (tertiary/aromatic N) is 3. The molecule has 0 aliphatic carbocycles. The van der Waals surface area contributed by atoms with Crippen LogP contribution in [0.15, 0.2) is 59.0 Å². The van der Waals surface area contributed by atoms with Crippen molar-refractivity contribution >= 4 is 40.0 Å². The van der Waals surface area contributed by atoms with Crippen molar-refractivity contribution in [2.75, 3.05) is 5.43 Å². The number of hydrogen-bond acceptors (Lipinski definition) is 6. The van der Waals surface area contributed by atoms with Crippen LogP contribution in [0.5, 0.6) is 0 Å². The standard InChI is InChI=1S/C16H11ClN4O2S/c17-13-6-4-11(5-7-13)9-18-20-16-19-15(10-24-16)12-2-1-3-14(8-12)21(22)23/h1-10H,(H,19,20)/b18-9+. The van der Waals surface area contributed by atoms with E-state index in [1.807, 2.05) is 17.5 Å². The van der Waals surface area contributed by atoms with E-state index in [9.17, 15) is 10.1 Å². The van der Waals surface area contributed by atoms with E-state index < -0.39 is 4.92 Å². The van der Waals surface area contributed by atoms with Gasteiger partial charge in [0, 0.05) is 28.1 Å². The summed E-state index contributed by atoms with van der Waals surface area (Å²) in [4.78, 5) is 14.8. The van der Waals surface area contributed by atoms with E-state index in [0.29, 0.717) is 21.4 Å². The maximum absolute atomic E-state index is 10.8. The lowest BCUT2D eigenvalue weighted by molar-refractivity contribution is -0.384. The Morgan fingerprint density at radius 2 is 2.04 bits per heavy atom. The average Bonchev–Trinajstić information content (AvgIpc) is 3.06. The molecular weight excluding hydrogens is 348 g/mol. The van der Waals surface area contributed by atoms with Crippen LogP contribution in [0.3, 0.4) is 0 Å². The van der Waals surface area contributed by atoms with Crippen LogP contribution in [0, 0.1) is 10.1 Å². The highest BCUT2D eigenvalue weighted by Crippen LogP contribution is 2.27. The first-order chi connectivity index (χ1) is 11.6. The molecule has 0 fully saturated rings. The molecule has 1 N–H and O–H groups in total. The molecule has 0 amide bonds. The average molecular weight is 359 g/mol. The molecule has 0 radical (unpaired) electrons. The predicted molar refractivity (Wildman–Crippen MR) is 96.9 cm³/mol. The zero-order valence-electron chi connectivity index (χ0n) is 12.2. The van der Waals surface area contributed by atoms with Crippen LogP contribution in [0.4, 0.5) is 10.8 Å². The summed E-state index contributed by atoms with van der Waals surface area (Å²) in [5.74, 6) is 0. The molecule has 1 aromatic heterocycles. The minimum Gasteiger partial charge on any atom is -0.258 e. The Hall–Kier alpha value is -2.77. The van der Waals surface area contributed by atoms with E-state index in [2.05, 4.69) is 15.5 Å². The largest absolute Gasteiger partial charge is 0.270 e. The van der Waals surface area contributed by atoms with Crippen molar-refractivity contribution in [3.63, 3.8) is 0 Å². The van der Waals surface area contributed by atoms with E-state index in [0.717, 1.165) is 5.56 Å². The van der Waals surface area contributed by atoms with Gasteiger partial charge in [-0.3, -0.25) is 15.5 Å². The summed E-state index contributed by atoms with van der Waals surface area (Å²) in [7, 11) is 0. The topological polar surface area (TPSA) is 80.4 Å². The van der Waals surface area contributed by atoms with Gasteiger partial charge in [-0.15, -0.1) is 11.3 Å². The van der Waals surface area contributed by atoms with Crippen LogP contribution in [0.25, 0.3) is 11.3 Å². The summed E-state index contributed by atoms with van der Waals surface area (Å²) in [6.07, 6.45) is 1.66. The quantitative estimate of drug-likeness (QED) is 0.403. The molecule has 0 atom stereocenters. The number of benzene rings is 2. The number of halogens is 1. The highest BCUT2D eigenvalue weighted by Gasteiger charge is 2.09. The molecule has 6 nitrogen and oxygen atoms in total. The molecular formula is C16H11ClN4O2S. The summed E-state index contributed by atoms with van der Waals surface area (Å²) in [6, 6.07) is 13.6. The Bertz CT molecular complexity index is 893. The van der Waals surface area contributed by atoms with Gasteiger partial charge in [0.15, 0.2) is 0 Å². The van der Waals surface area contributed by atoms with Crippen LogP contribution < -0.4 is 5.43 Å². The van der Waals surface area contributed by atoms with Gasteiger partial charge in [0.1, 0.15) is 0 Å². The number of hydrazone groups is 1. The van der Waals surface area contributed by atoms with Gasteiger partial charge >= 0.3 is 0 Å². The Balaban J connectivity index is 1.70. The number of hydrogen-bond donors (Lipinski definition) is 1. The summed E-state index contributed by atoms with van der Waals surface area (Å²) < 4.78 is 0. The molecule has 0 aliphatic heterocycles. The fourth-order valence-corrected chi connectivity index (χ4v) is 2.74.